The molecule has 3 heterocycles. The zero-order valence-electron chi connectivity index (χ0n) is 22.2. The quantitative estimate of drug-likeness (QED) is 0.219. The van der Waals surface area contributed by atoms with Crippen molar-refractivity contribution in [3.8, 4) is 17.6 Å². The molecule has 0 aliphatic carbocycles. The summed E-state index contributed by atoms with van der Waals surface area (Å²) in [6, 6.07) is 11.4. The third-order valence-corrected chi connectivity index (χ3v) is 6.98. The highest BCUT2D eigenvalue weighted by Crippen LogP contribution is 2.37. The second-order valence-corrected chi connectivity index (χ2v) is 9.81. The number of fused-ring (bicyclic) bond motifs is 2. The first-order valence-electron chi connectivity index (χ1n) is 12.8. The van der Waals surface area contributed by atoms with Crippen molar-refractivity contribution in [1.82, 2.24) is 19.8 Å². The average Bonchev–Trinajstić information content (AvgIpc) is 3.34. The molecule has 12 heteroatoms. The smallest absolute Gasteiger partial charge is 0.303 e. The van der Waals surface area contributed by atoms with Crippen LogP contribution in [0.15, 0.2) is 47.3 Å². The zero-order chi connectivity index (χ0) is 28.1. The monoisotopic (exact) mass is 564 g/mol. The summed E-state index contributed by atoms with van der Waals surface area (Å²) in [5.41, 5.74) is 2.04. The van der Waals surface area contributed by atoms with Crippen molar-refractivity contribution in [2.45, 2.75) is 13.0 Å². The summed E-state index contributed by atoms with van der Waals surface area (Å²) in [5.74, 6) is 1.14. The van der Waals surface area contributed by atoms with E-state index < -0.39 is 6.10 Å². The molecule has 0 radical (unpaired) electrons. The minimum atomic E-state index is -0.483. The van der Waals surface area contributed by atoms with Crippen molar-refractivity contribution < 1.29 is 23.4 Å². The number of benzene rings is 2. The van der Waals surface area contributed by atoms with Crippen molar-refractivity contribution in [3.63, 3.8) is 0 Å². The SMILES string of the molecule is COc1cc2c(Nc3cccc4occ(Cl)c34)ncnc2cc1OCC(CN1CCN(CC#N)CC1)OC(C)=O. The molecule has 4 aromatic rings. The van der Waals surface area contributed by atoms with E-state index in [0.29, 0.717) is 46.5 Å². The van der Waals surface area contributed by atoms with Crippen LogP contribution in [-0.4, -0.2) is 84.8 Å². The molecule has 0 amide bonds. The number of piperazine rings is 1. The van der Waals surface area contributed by atoms with Crippen molar-refractivity contribution >= 4 is 50.9 Å². The number of methoxy groups -OCH3 is 1. The van der Waals surface area contributed by atoms with Crippen LogP contribution in [0.3, 0.4) is 0 Å². The highest BCUT2D eigenvalue weighted by Gasteiger charge is 2.23. The Hall–Kier alpha value is -4.11. The molecule has 1 N–H and O–H groups in total. The van der Waals surface area contributed by atoms with Crippen molar-refractivity contribution in [3.05, 3.63) is 47.9 Å². The van der Waals surface area contributed by atoms with E-state index in [2.05, 4.69) is 31.2 Å². The fourth-order valence-electron chi connectivity index (χ4n) is 4.78. The van der Waals surface area contributed by atoms with Gasteiger partial charge in [0.15, 0.2) is 11.5 Å². The Kier molecular flexibility index (Phi) is 8.50. The molecule has 1 atom stereocenters. The molecule has 11 nitrogen and oxygen atoms in total. The van der Waals surface area contributed by atoms with Gasteiger partial charge < -0.3 is 23.9 Å². The van der Waals surface area contributed by atoms with Gasteiger partial charge in [0.1, 0.15) is 36.7 Å². The molecule has 2 aromatic heterocycles. The number of esters is 1. The van der Waals surface area contributed by atoms with Crippen LogP contribution in [0.25, 0.3) is 21.9 Å². The fraction of sp³-hybridized carbons (Fsp3) is 0.357. The van der Waals surface area contributed by atoms with E-state index in [1.54, 1.807) is 19.2 Å². The maximum Gasteiger partial charge on any atom is 0.303 e. The molecule has 0 saturated carbocycles. The summed E-state index contributed by atoms with van der Waals surface area (Å²) in [6.07, 6.45) is 2.48. The highest BCUT2D eigenvalue weighted by molar-refractivity contribution is 6.36. The molecule has 1 aliphatic heterocycles. The Morgan fingerprint density at radius 3 is 2.75 bits per heavy atom. The van der Waals surface area contributed by atoms with E-state index in [0.717, 1.165) is 42.6 Å². The van der Waals surface area contributed by atoms with E-state index >= 15 is 0 Å². The first kappa shape index (κ1) is 27.5. The van der Waals surface area contributed by atoms with Crippen LogP contribution in [0, 0.1) is 11.3 Å². The van der Waals surface area contributed by atoms with Gasteiger partial charge in [0.25, 0.3) is 0 Å². The predicted octanol–water partition coefficient (Wildman–Crippen LogP) is 4.23. The third-order valence-electron chi connectivity index (χ3n) is 6.71. The molecular weight excluding hydrogens is 536 g/mol. The molecular formula is C28H29ClN6O5. The van der Waals surface area contributed by atoms with Gasteiger partial charge >= 0.3 is 5.97 Å². The number of carbonyl (C=O) groups excluding carboxylic acids is 1. The second kappa shape index (κ2) is 12.4. The number of aromatic nitrogens is 2. The number of hydrogen-bond donors (Lipinski definition) is 1. The Morgan fingerprint density at radius 1 is 1.20 bits per heavy atom. The molecule has 0 bridgehead atoms. The Morgan fingerprint density at radius 2 is 2.00 bits per heavy atom. The lowest BCUT2D eigenvalue weighted by molar-refractivity contribution is -0.149. The van der Waals surface area contributed by atoms with Crippen LogP contribution in [0.5, 0.6) is 11.5 Å². The van der Waals surface area contributed by atoms with E-state index in [1.807, 2.05) is 18.2 Å². The lowest BCUT2D eigenvalue weighted by atomic mass is 10.2. The second-order valence-electron chi connectivity index (χ2n) is 9.41. The molecule has 1 unspecified atom stereocenters. The number of halogens is 1. The third kappa shape index (κ3) is 6.20. The Bertz CT molecular complexity index is 1550. The van der Waals surface area contributed by atoms with Crippen LogP contribution >= 0.6 is 11.6 Å². The van der Waals surface area contributed by atoms with Crippen molar-refractivity contribution in [2.75, 3.05) is 58.3 Å². The van der Waals surface area contributed by atoms with E-state index in [4.69, 9.17) is 35.5 Å². The Labute approximate surface area is 236 Å². The van der Waals surface area contributed by atoms with Crippen LogP contribution < -0.4 is 14.8 Å². The van der Waals surface area contributed by atoms with Gasteiger partial charge in [-0.3, -0.25) is 14.6 Å². The fourth-order valence-corrected chi connectivity index (χ4v) is 5.02. The number of nitriles is 1. The molecule has 2 aromatic carbocycles. The molecule has 1 saturated heterocycles. The summed E-state index contributed by atoms with van der Waals surface area (Å²) in [5, 5.41) is 14.2. The first-order chi connectivity index (χ1) is 19.4. The first-order valence-corrected chi connectivity index (χ1v) is 13.2. The number of ether oxygens (including phenoxy) is 3. The summed E-state index contributed by atoms with van der Waals surface area (Å²) in [6.45, 7) is 5.60. The number of nitrogens with one attached hydrogen (secondary N) is 1. The molecule has 1 fully saturated rings. The van der Waals surface area contributed by atoms with Gasteiger partial charge in [-0.1, -0.05) is 17.7 Å². The van der Waals surface area contributed by atoms with Crippen LogP contribution in [-0.2, 0) is 9.53 Å². The standard InChI is InChI=1S/C28H29ClN6O5/c1-18(36)40-19(14-35-10-8-34(7-6-30)9-11-35)15-38-26-13-23-20(12-25(26)37-2)28(32-17-31-23)33-22-4-3-5-24-27(22)21(29)16-39-24/h3-5,12-13,16-17,19H,7-11,14-15H2,1-2H3,(H,31,32,33). The molecule has 5 rings (SSSR count). The zero-order valence-corrected chi connectivity index (χ0v) is 23.0. The van der Waals surface area contributed by atoms with Gasteiger partial charge in [0.2, 0.25) is 0 Å². The van der Waals surface area contributed by atoms with Crippen LogP contribution in [0.4, 0.5) is 11.5 Å². The highest BCUT2D eigenvalue weighted by atomic mass is 35.5. The predicted molar refractivity (Wildman–Crippen MR) is 150 cm³/mol. The summed E-state index contributed by atoms with van der Waals surface area (Å²) in [7, 11) is 1.56. The average molecular weight is 565 g/mol. The number of rotatable bonds is 10. The number of hydrogen-bond acceptors (Lipinski definition) is 11. The van der Waals surface area contributed by atoms with Gasteiger partial charge in [0, 0.05) is 51.1 Å². The van der Waals surface area contributed by atoms with Gasteiger partial charge in [0.05, 0.1) is 41.3 Å². The topological polar surface area (TPSA) is 126 Å². The van der Waals surface area contributed by atoms with E-state index in [1.165, 1.54) is 19.5 Å². The molecule has 0 spiro atoms. The molecule has 40 heavy (non-hydrogen) atoms. The molecule has 208 valence electrons. The number of carbonyl (C=O) groups is 1. The molecule has 1 aliphatic rings. The van der Waals surface area contributed by atoms with E-state index in [-0.39, 0.29) is 12.6 Å². The van der Waals surface area contributed by atoms with Gasteiger partial charge in [-0.05, 0) is 18.2 Å². The summed E-state index contributed by atoms with van der Waals surface area (Å²) in [4.78, 5) is 25.0. The minimum absolute atomic E-state index is 0.136. The lowest BCUT2D eigenvalue weighted by Crippen LogP contribution is -2.49. The summed E-state index contributed by atoms with van der Waals surface area (Å²) >= 11 is 6.35. The lowest BCUT2D eigenvalue weighted by Gasteiger charge is -2.35. The maximum absolute atomic E-state index is 11.8. The number of nitrogens with zero attached hydrogens (tertiary/aromatic N) is 5. The van der Waals surface area contributed by atoms with Gasteiger partial charge in [-0.2, -0.15) is 5.26 Å². The minimum Gasteiger partial charge on any atom is -0.493 e. The van der Waals surface area contributed by atoms with Crippen LogP contribution in [0.1, 0.15) is 6.92 Å². The largest absolute Gasteiger partial charge is 0.493 e. The number of furan rings is 1. The van der Waals surface area contributed by atoms with E-state index in [9.17, 15) is 4.79 Å². The normalized spacial score (nSPS) is 15.1. The van der Waals surface area contributed by atoms with Gasteiger partial charge in [-0.25, -0.2) is 9.97 Å². The maximum atomic E-state index is 11.8. The van der Waals surface area contributed by atoms with Crippen molar-refractivity contribution in [2.24, 2.45) is 0 Å². The Balaban J connectivity index is 1.34. The van der Waals surface area contributed by atoms with Crippen molar-refractivity contribution in [1.29, 1.82) is 5.26 Å². The summed E-state index contributed by atoms with van der Waals surface area (Å²) < 4.78 is 22.8. The van der Waals surface area contributed by atoms with Crippen LogP contribution in [0.2, 0.25) is 5.02 Å². The number of anilines is 2. The van der Waals surface area contributed by atoms with Gasteiger partial charge in [-0.15, -0.1) is 0 Å².